The van der Waals surface area contributed by atoms with Crippen molar-refractivity contribution in [1.29, 1.82) is 0 Å². The summed E-state index contributed by atoms with van der Waals surface area (Å²) in [7, 11) is 0. The summed E-state index contributed by atoms with van der Waals surface area (Å²) in [6.07, 6.45) is 0.932. The number of benzene rings is 1. The van der Waals surface area contributed by atoms with Crippen LogP contribution in [0.2, 0.25) is 0 Å². The average molecular weight is 178 g/mol. The van der Waals surface area contributed by atoms with Gasteiger partial charge in [-0.15, -0.1) is 0 Å². The van der Waals surface area contributed by atoms with Crippen molar-refractivity contribution in [3.63, 3.8) is 0 Å². The van der Waals surface area contributed by atoms with Crippen LogP contribution in [-0.2, 0) is 4.79 Å². The van der Waals surface area contributed by atoms with Crippen LogP contribution in [0.4, 0.5) is 4.39 Å². The molecule has 13 heavy (non-hydrogen) atoms. The van der Waals surface area contributed by atoms with Crippen LogP contribution in [0.5, 0.6) is 0 Å². The molecule has 2 heteroatoms. The van der Waals surface area contributed by atoms with E-state index in [9.17, 15) is 9.18 Å². The smallest absolute Gasteiger partial charge is 0.133 e. The molecule has 0 aromatic heterocycles. The van der Waals surface area contributed by atoms with Gasteiger partial charge in [-0.2, -0.15) is 0 Å². The fourth-order valence-electron chi connectivity index (χ4n) is 1.72. The third-order valence-electron chi connectivity index (χ3n) is 2.61. The number of halogens is 1. The molecular weight excluding hydrogens is 167 g/mol. The normalized spacial score (nSPS) is 25.7. The highest BCUT2D eigenvalue weighted by Gasteiger charge is 2.41. The minimum absolute atomic E-state index is 0.186. The molecule has 0 unspecified atom stereocenters. The SMILES string of the molecule is CC(=O)[C@H]1C[C@H]1c1ccc(F)cc1. The molecule has 0 aliphatic heterocycles. The molecule has 0 saturated heterocycles. The van der Waals surface area contributed by atoms with Crippen molar-refractivity contribution < 1.29 is 9.18 Å². The summed E-state index contributed by atoms with van der Waals surface area (Å²) < 4.78 is 12.6. The first-order chi connectivity index (χ1) is 6.18. The van der Waals surface area contributed by atoms with Crippen LogP contribution in [0, 0.1) is 11.7 Å². The van der Waals surface area contributed by atoms with Gasteiger partial charge in [0, 0.05) is 5.92 Å². The number of Topliss-reactive ketones (excluding diaryl/α,β-unsaturated/α-hetero) is 1. The summed E-state index contributed by atoms with van der Waals surface area (Å²) in [5.74, 6) is 0.557. The lowest BCUT2D eigenvalue weighted by atomic mass is 10.1. The van der Waals surface area contributed by atoms with Crippen LogP contribution in [0.1, 0.15) is 24.8 Å². The van der Waals surface area contributed by atoms with Crippen LogP contribution >= 0.6 is 0 Å². The van der Waals surface area contributed by atoms with E-state index in [2.05, 4.69) is 0 Å². The second kappa shape index (κ2) is 2.95. The van der Waals surface area contributed by atoms with Crippen molar-refractivity contribution in [2.24, 2.45) is 5.92 Å². The van der Waals surface area contributed by atoms with Crippen molar-refractivity contribution in [1.82, 2.24) is 0 Å². The van der Waals surface area contributed by atoms with Gasteiger partial charge in [-0.1, -0.05) is 12.1 Å². The number of carbonyl (C=O) groups is 1. The topological polar surface area (TPSA) is 17.1 Å². The van der Waals surface area contributed by atoms with Crippen molar-refractivity contribution in [3.8, 4) is 0 Å². The first-order valence-electron chi connectivity index (χ1n) is 4.44. The van der Waals surface area contributed by atoms with E-state index in [4.69, 9.17) is 0 Å². The summed E-state index contributed by atoms with van der Waals surface area (Å²) in [5.41, 5.74) is 1.08. The van der Waals surface area contributed by atoms with Gasteiger partial charge in [0.15, 0.2) is 0 Å². The van der Waals surface area contributed by atoms with Crippen molar-refractivity contribution in [2.45, 2.75) is 19.3 Å². The standard InChI is InChI=1S/C11H11FO/c1-7(13)10-6-11(10)8-2-4-9(12)5-3-8/h2-5,10-11H,6H2,1H3/t10-,11+/m1/s1. The average Bonchev–Trinajstić information content (AvgIpc) is 2.85. The van der Waals surface area contributed by atoms with E-state index in [-0.39, 0.29) is 17.5 Å². The highest BCUT2D eigenvalue weighted by Crippen LogP contribution is 2.47. The maximum Gasteiger partial charge on any atom is 0.133 e. The second-order valence-corrected chi connectivity index (χ2v) is 3.61. The van der Waals surface area contributed by atoms with Crippen LogP contribution in [0.3, 0.4) is 0 Å². The molecule has 1 aliphatic carbocycles. The molecule has 1 aromatic rings. The predicted octanol–water partition coefficient (Wildman–Crippen LogP) is 2.52. The molecule has 0 heterocycles. The summed E-state index contributed by atoms with van der Waals surface area (Å²) in [6.45, 7) is 1.62. The molecule has 0 bridgehead atoms. The molecule has 68 valence electrons. The van der Waals surface area contributed by atoms with Gasteiger partial charge in [-0.05, 0) is 37.0 Å². The van der Waals surface area contributed by atoms with Crippen LogP contribution < -0.4 is 0 Å². The highest BCUT2D eigenvalue weighted by molar-refractivity contribution is 5.82. The lowest BCUT2D eigenvalue weighted by molar-refractivity contribution is -0.118. The van der Waals surface area contributed by atoms with Crippen molar-refractivity contribution in [3.05, 3.63) is 35.6 Å². The second-order valence-electron chi connectivity index (χ2n) is 3.61. The van der Waals surface area contributed by atoms with Gasteiger partial charge in [0.25, 0.3) is 0 Å². The molecule has 2 atom stereocenters. The third-order valence-corrected chi connectivity index (χ3v) is 2.61. The maximum absolute atomic E-state index is 12.6. The van der Waals surface area contributed by atoms with Crippen LogP contribution in [0.15, 0.2) is 24.3 Å². The van der Waals surface area contributed by atoms with Crippen LogP contribution in [-0.4, -0.2) is 5.78 Å². The number of rotatable bonds is 2. The van der Waals surface area contributed by atoms with Gasteiger partial charge in [0.1, 0.15) is 11.6 Å². The Morgan fingerprint density at radius 2 is 2.00 bits per heavy atom. The molecule has 1 fully saturated rings. The van der Waals surface area contributed by atoms with E-state index in [1.807, 2.05) is 0 Å². The lowest BCUT2D eigenvalue weighted by Gasteiger charge is -1.97. The Labute approximate surface area is 76.6 Å². The van der Waals surface area contributed by atoms with E-state index in [0.717, 1.165) is 12.0 Å². The van der Waals surface area contributed by atoms with Gasteiger partial charge in [0.2, 0.25) is 0 Å². The number of carbonyl (C=O) groups excluding carboxylic acids is 1. The summed E-state index contributed by atoms with van der Waals surface area (Å²) in [6, 6.07) is 6.43. The van der Waals surface area contributed by atoms with Gasteiger partial charge in [0.05, 0.1) is 0 Å². The molecule has 0 N–H and O–H groups in total. The minimum Gasteiger partial charge on any atom is -0.300 e. The Morgan fingerprint density at radius 3 is 2.46 bits per heavy atom. The Kier molecular flexibility index (Phi) is 1.91. The summed E-state index contributed by atoms with van der Waals surface area (Å²) in [4.78, 5) is 11.0. The molecule has 0 radical (unpaired) electrons. The highest BCUT2D eigenvalue weighted by atomic mass is 19.1. The molecule has 2 rings (SSSR count). The molecule has 0 spiro atoms. The van der Waals surface area contributed by atoms with Gasteiger partial charge in [-0.3, -0.25) is 4.79 Å². The monoisotopic (exact) mass is 178 g/mol. The van der Waals surface area contributed by atoms with Crippen molar-refractivity contribution >= 4 is 5.78 Å². The molecule has 1 nitrogen and oxygen atoms in total. The van der Waals surface area contributed by atoms with Gasteiger partial charge >= 0.3 is 0 Å². The maximum atomic E-state index is 12.6. The zero-order chi connectivity index (χ0) is 9.42. The van der Waals surface area contributed by atoms with Gasteiger partial charge in [-0.25, -0.2) is 4.39 Å². The number of hydrogen-bond donors (Lipinski definition) is 0. The van der Waals surface area contributed by atoms with Crippen molar-refractivity contribution in [2.75, 3.05) is 0 Å². The third kappa shape index (κ3) is 1.62. The largest absolute Gasteiger partial charge is 0.300 e. The Hall–Kier alpha value is -1.18. The fourth-order valence-corrected chi connectivity index (χ4v) is 1.72. The molecule has 1 saturated carbocycles. The first kappa shape index (κ1) is 8.42. The number of ketones is 1. The van der Waals surface area contributed by atoms with E-state index >= 15 is 0 Å². The number of hydrogen-bond acceptors (Lipinski definition) is 1. The molecule has 1 aliphatic rings. The van der Waals surface area contributed by atoms with Crippen LogP contribution in [0.25, 0.3) is 0 Å². The van der Waals surface area contributed by atoms with Gasteiger partial charge < -0.3 is 0 Å². The summed E-state index contributed by atoms with van der Waals surface area (Å²) in [5, 5.41) is 0. The Morgan fingerprint density at radius 1 is 1.38 bits per heavy atom. The fraction of sp³-hybridized carbons (Fsp3) is 0.364. The van der Waals surface area contributed by atoms with E-state index in [0.29, 0.717) is 5.92 Å². The molecule has 1 aromatic carbocycles. The Bertz CT molecular complexity index is 328. The lowest BCUT2D eigenvalue weighted by Crippen LogP contribution is -1.94. The predicted molar refractivity (Wildman–Crippen MR) is 47.9 cm³/mol. The van der Waals surface area contributed by atoms with E-state index in [1.54, 1.807) is 19.1 Å². The van der Waals surface area contributed by atoms with E-state index in [1.165, 1.54) is 12.1 Å². The Balaban J connectivity index is 2.12. The molecular formula is C11H11FO. The zero-order valence-corrected chi connectivity index (χ0v) is 7.46. The van der Waals surface area contributed by atoms with E-state index < -0.39 is 0 Å². The summed E-state index contributed by atoms with van der Waals surface area (Å²) >= 11 is 0. The minimum atomic E-state index is -0.219. The first-order valence-corrected chi connectivity index (χ1v) is 4.44. The molecule has 0 amide bonds. The zero-order valence-electron chi connectivity index (χ0n) is 7.46. The quantitative estimate of drug-likeness (QED) is 0.680.